The number of allylic oxidation sites excluding steroid dienone is 3. The van der Waals surface area contributed by atoms with Crippen molar-refractivity contribution in [2.45, 2.75) is 12.8 Å². The van der Waals surface area contributed by atoms with Gasteiger partial charge in [0.25, 0.3) is 0 Å². The lowest BCUT2D eigenvalue weighted by Crippen LogP contribution is -1.87. The zero-order valence-corrected chi connectivity index (χ0v) is 8.13. The Morgan fingerprint density at radius 3 is 2.93 bits per heavy atom. The van der Waals surface area contributed by atoms with E-state index in [1.807, 2.05) is 0 Å². The molecule has 1 aromatic rings. The molecule has 0 unspecified atom stereocenters. The van der Waals surface area contributed by atoms with Crippen LogP contribution in [0.5, 0.6) is 0 Å². The summed E-state index contributed by atoms with van der Waals surface area (Å²) in [6.45, 7) is 0. The molecule has 0 saturated carbocycles. The number of methoxy groups -OCH3 is 1. The average Bonchev–Trinajstić information content (AvgIpc) is 2.75. The lowest BCUT2D eigenvalue weighted by Gasteiger charge is -2.04. The van der Waals surface area contributed by atoms with Gasteiger partial charge in [-0.15, -0.1) is 0 Å². The topological polar surface area (TPSA) is 9.23 Å². The molecule has 1 heteroatoms. The van der Waals surface area contributed by atoms with Crippen LogP contribution in [0, 0.1) is 6.08 Å². The van der Waals surface area contributed by atoms with E-state index < -0.39 is 0 Å². The Bertz CT molecular complexity index is 452. The molecule has 0 bridgehead atoms. The summed E-state index contributed by atoms with van der Waals surface area (Å²) in [5.74, 6) is 1.12. The molecule has 69 valence electrons. The molecule has 0 atom stereocenters. The first-order chi connectivity index (χ1) is 6.90. The van der Waals surface area contributed by atoms with E-state index in [0.29, 0.717) is 0 Å². The molecule has 1 radical (unpaired) electrons. The Kier molecular flexibility index (Phi) is 1.54. The third-order valence-corrected chi connectivity index (χ3v) is 2.91. The van der Waals surface area contributed by atoms with Crippen molar-refractivity contribution < 1.29 is 4.74 Å². The van der Waals surface area contributed by atoms with Gasteiger partial charge in [-0.2, -0.15) is 0 Å². The fraction of sp³-hybridized carbons (Fsp3) is 0.231. The van der Waals surface area contributed by atoms with Gasteiger partial charge >= 0.3 is 0 Å². The maximum Gasteiger partial charge on any atom is 0.104 e. The Balaban J connectivity index is 2.25. The lowest BCUT2D eigenvalue weighted by molar-refractivity contribution is 0.284. The Hall–Kier alpha value is -1.50. The van der Waals surface area contributed by atoms with Crippen LogP contribution in [0.25, 0.3) is 5.57 Å². The molecule has 0 aromatic heterocycles. The fourth-order valence-electron chi connectivity index (χ4n) is 2.27. The molecule has 0 N–H and O–H groups in total. The number of benzene rings is 1. The molecule has 0 spiro atoms. The first-order valence-electron chi connectivity index (χ1n) is 4.90. The minimum atomic E-state index is 1.03. The van der Waals surface area contributed by atoms with E-state index in [4.69, 9.17) is 4.74 Å². The summed E-state index contributed by atoms with van der Waals surface area (Å²) in [4.78, 5) is 0. The van der Waals surface area contributed by atoms with Crippen molar-refractivity contribution >= 4 is 5.57 Å². The number of hydrogen-bond acceptors (Lipinski definition) is 1. The number of fused-ring (bicyclic) bond motifs is 3. The maximum absolute atomic E-state index is 5.40. The summed E-state index contributed by atoms with van der Waals surface area (Å²) < 4.78 is 5.40. The predicted molar refractivity (Wildman–Crippen MR) is 55.5 cm³/mol. The Labute approximate surface area is 83.7 Å². The van der Waals surface area contributed by atoms with Gasteiger partial charge in [-0.3, -0.25) is 0 Å². The molecule has 0 fully saturated rings. The van der Waals surface area contributed by atoms with Crippen LogP contribution in [0.3, 0.4) is 0 Å². The lowest BCUT2D eigenvalue weighted by atomic mass is 10.1. The third kappa shape index (κ3) is 0.897. The van der Waals surface area contributed by atoms with Gasteiger partial charge in [-0.25, -0.2) is 0 Å². The molecular formula is C13H11O. The molecule has 2 aliphatic carbocycles. The van der Waals surface area contributed by atoms with Crippen LogP contribution in [0.2, 0.25) is 0 Å². The second-order valence-corrected chi connectivity index (χ2v) is 3.65. The SMILES string of the molecule is COC1=C2C(=[C]c3ccccc32)CC1. The molecule has 0 aliphatic heterocycles. The molecule has 1 aromatic carbocycles. The summed E-state index contributed by atoms with van der Waals surface area (Å²) in [6, 6.07) is 8.39. The van der Waals surface area contributed by atoms with E-state index in [-0.39, 0.29) is 0 Å². The van der Waals surface area contributed by atoms with Gasteiger partial charge in [0.15, 0.2) is 0 Å². The predicted octanol–water partition coefficient (Wildman–Crippen LogP) is 2.93. The third-order valence-electron chi connectivity index (χ3n) is 2.91. The van der Waals surface area contributed by atoms with Crippen LogP contribution in [-0.2, 0) is 4.74 Å². The van der Waals surface area contributed by atoms with E-state index in [1.165, 1.54) is 22.3 Å². The van der Waals surface area contributed by atoms with Gasteiger partial charge in [-0.05, 0) is 29.2 Å². The van der Waals surface area contributed by atoms with Gasteiger partial charge in [-0.1, -0.05) is 24.3 Å². The summed E-state index contributed by atoms with van der Waals surface area (Å²) >= 11 is 0. The monoisotopic (exact) mass is 183 g/mol. The van der Waals surface area contributed by atoms with E-state index in [1.54, 1.807) is 7.11 Å². The second kappa shape index (κ2) is 2.74. The van der Waals surface area contributed by atoms with Crippen LogP contribution < -0.4 is 0 Å². The quantitative estimate of drug-likeness (QED) is 0.650. The minimum absolute atomic E-state index is 1.03. The highest BCUT2D eigenvalue weighted by molar-refractivity contribution is 5.88. The fourth-order valence-corrected chi connectivity index (χ4v) is 2.27. The first-order valence-corrected chi connectivity index (χ1v) is 4.90. The number of hydrogen-bond donors (Lipinski definition) is 0. The van der Waals surface area contributed by atoms with E-state index in [0.717, 1.165) is 18.6 Å². The Morgan fingerprint density at radius 2 is 2.07 bits per heavy atom. The molecule has 2 aliphatic rings. The van der Waals surface area contributed by atoms with Crippen molar-refractivity contribution in [3.8, 4) is 0 Å². The Morgan fingerprint density at radius 1 is 1.21 bits per heavy atom. The largest absolute Gasteiger partial charge is 0.500 e. The molecule has 0 amide bonds. The van der Waals surface area contributed by atoms with Crippen LogP contribution in [-0.4, -0.2) is 7.11 Å². The summed E-state index contributed by atoms with van der Waals surface area (Å²) in [5, 5.41) is 0. The standard InChI is InChI=1S/C13H11O/c1-14-12-7-6-10-8-9-4-2-3-5-11(9)13(10)12/h2-5H,6-7H2,1H3. The normalized spacial score (nSPS) is 17.9. The van der Waals surface area contributed by atoms with Crippen molar-refractivity contribution in [3.05, 3.63) is 52.8 Å². The number of rotatable bonds is 1. The highest BCUT2D eigenvalue weighted by atomic mass is 16.5. The van der Waals surface area contributed by atoms with Crippen LogP contribution in [0.4, 0.5) is 0 Å². The van der Waals surface area contributed by atoms with Crippen molar-refractivity contribution in [3.63, 3.8) is 0 Å². The highest BCUT2D eigenvalue weighted by Gasteiger charge is 2.27. The van der Waals surface area contributed by atoms with Gasteiger partial charge in [0.1, 0.15) is 5.76 Å². The van der Waals surface area contributed by atoms with Crippen LogP contribution >= 0.6 is 0 Å². The molecule has 0 heterocycles. The zero-order chi connectivity index (χ0) is 9.54. The smallest absolute Gasteiger partial charge is 0.104 e. The summed E-state index contributed by atoms with van der Waals surface area (Å²) in [7, 11) is 1.76. The minimum Gasteiger partial charge on any atom is -0.500 e. The molecule has 1 nitrogen and oxygen atoms in total. The first kappa shape index (κ1) is 7.86. The van der Waals surface area contributed by atoms with Gasteiger partial charge in [0.2, 0.25) is 0 Å². The van der Waals surface area contributed by atoms with E-state index in [9.17, 15) is 0 Å². The van der Waals surface area contributed by atoms with Crippen molar-refractivity contribution in [2.75, 3.05) is 7.11 Å². The van der Waals surface area contributed by atoms with Crippen molar-refractivity contribution in [2.24, 2.45) is 0 Å². The van der Waals surface area contributed by atoms with E-state index >= 15 is 0 Å². The zero-order valence-electron chi connectivity index (χ0n) is 8.13. The highest BCUT2D eigenvalue weighted by Crippen LogP contribution is 2.44. The van der Waals surface area contributed by atoms with Crippen molar-refractivity contribution in [1.82, 2.24) is 0 Å². The van der Waals surface area contributed by atoms with Crippen LogP contribution in [0.1, 0.15) is 24.0 Å². The van der Waals surface area contributed by atoms with Crippen LogP contribution in [0.15, 0.2) is 35.6 Å². The molecule has 3 rings (SSSR count). The summed E-state index contributed by atoms with van der Waals surface area (Å²) in [5.41, 5.74) is 5.12. The average molecular weight is 183 g/mol. The number of ether oxygens (including phenoxy) is 1. The molecule has 14 heavy (non-hydrogen) atoms. The second-order valence-electron chi connectivity index (χ2n) is 3.65. The van der Waals surface area contributed by atoms with Crippen molar-refractivity contribution in [1.29, 1.82) is 0 Å². The molecular weight excluding hydrogens is 172 g/mol. The van der Waals surface area contributed by atoms with Gasteiger partial charge in [0, 0.05) is 12.0 Å². The summed E-state index contributed by atoms with van der Waals surface area (Å²) in [6.07, 6.45) is 5.55. The van der Waals surface area contributed by atoms with E-state index in [2.05, 4.69) is 30.3 Å². The van der Waals surface area contributed by atoms with Gasteiger partial charge < -0.3 is 4.74 Å². The van der Waals surface area contributed by atoms with Gasteiger partial charge in [0.05, 0.1) is 7.11 Å². The molecule has 0 saturated heterocycles. The maximum atomic E-state index is 5.40.